The third kappa shape index (κ3) is 10.5. The first-order valence-corrected chi connectivity index (χ1v) is 9.92. The summed E-state index contributed by atoms with van der Waals surface area (Å²) in [7, 11) is 0. The summed E-state index contributed by atoms with van der Waals surface area (Å²) in [5.41, 5.74) is 0. The van der Waals surface area contributed by atoms with Crippen LogP contribution in [0.2, 0.25) is 0 Å². The summed E-state index contributed by atoms with van der Waals surface area (Å²) >= 11 is 0. The third-order valence-electron chi connectivity index (χ3n) is 4.56. The highest BCUT2D eigenvalue weighted by molar-refractivity contribution is 5.83. The summed E-state index contributed by atoms with van der Waals surface area (Å²) in [4.78, 5) is 6.79. The predicted molar refractivity (Wildman–Crippen MR) is 101 cm³/mol. The van der Waals surface area contributed by atoms with Crippen LogP contribution in [0.4, 0.5) is 0 Å². The van der Waals surface area contributed by atoms with Crippen molar-refractivity contribution in [1.29, 1.82) is 0 Å². The van der Waals surface area contributed by atoms with Crippen molar-refractivity contribution in [2.24, 2.45) is 4.99 Å². The quantitative estimate of drug-likeness (QED) is 0.342. The van der Waals surface area contributed by atoms with Crippen LogP contribution in [0, 0.1) is 0 Å². The lowest BCUT2D eigenvalue weighted by molar-refractivity contribution is 0.255. The number of amidine groups is 1. The number of allylic oxidation sites excluding steroid dienone is 2. The van der Waals surface area contributed by atoms with E-state index in [1.165, 1.54) is 76.5 Å². The second-order valence-electron chi connectivity index (χ2n) is 6.64. The van der Waals surface area contributed by atoms with Gasteiger partial charge in [-0.2, -0.15) is 0 Å². The van der Waals surface area contributed by atoms with E-state index in [0.29, 0.717) is 0 Å². The van der Waals surface area contributed by atoms with E-state index in [1.807, 2.05) is 0 Å². The van der Waals surface area contributed by atoms with Crippen molar-refractivity contribution in [3.63, 3.8) is 0 Å². The van der Waals surface area contributed by atoms with Crippen molar-refractivity contribution in [3.05, 3.63) is 12.2 Å². The van der Waals surface area contributed by atoms with E-state index in [0.717, 1.165) is 26.1 Å². The van der Waals surface area contributed by atoms with Gasteiger partial charge in [0.1, 0.15) is 0 Å². The minimum atomic E-state index is 0.241. The minimum absolute atomic E-state index is 0.241. The van der Waals surface area contributed by atoms with E-state index in [2.05, 4.69) is 29.0 Å². The molecule has 134 valence electrons. The topological polar surface area (TPSA) is 35.8 Å². The highest BCUT2D eigenvalue weighted by Gasteiger charge is 2.14. The molecule has 0 saturated heterocycles. The molecule has 3 heteroatoms. The number of β-amino-alcohol motifs (C(OH)–C–C–N with tert-alkyl or cyclic N) is 1. The average Bonchev–Trinajstić information content (AvgIpc) is 2.99. The van der Waals surface area contributed by atoms with E-state index < -0.39 is 0 Å². The van der Waals surface area contributed by atoms with Crippen molar-refractivity contribution in [2.75, 3.05) is 26.2 Å². The lowest BCUT2D eigenvalue weighted by Gasteiger charge is -2.18. The van der Waals surface area contributed by atoms with Gasteiger partial charge in [0, 0.05) is 19.5 Å². The third-order valence-corrected chi connectivity index (χ3v) is 4.56. The molecule has 1 aliphatic heterocycles. The van der Waals surface area contributed by atoms with Crippen molar-refractivity contribution in [3.8, 4) is 0 Å². The zero-order valence-corrected chi connectivity index (χ0v) is 15.3. The monoisotopic (exact) mass is 322 g/mol. The lowest BCUT2D eigenvalue weighted by Crippen LogP contribution is -2.30. The molecule has 0 spiro atoms. The summed E-state index contributed by atoms with van der Waals surface area (Å²) in [6.45, 7) is 5.18. The molecule has 0 amide bonds. The number of nitrogens with zero attached hydrogens (tertiary/aromatic N) is 2. The Morgan fingerprint density at radius 2 is 1.61 bits per heavy atom. The number of rotatable bonds is 15. The molecule has 0 unspecified atom stereocenters. The standard InChI is InChI=1S/C20H38N2O/c1-2-3-4-5-6-7-8-9-10-11-12-13-14-15-20-21-16-17-22(20)18-19-23/h7-8,23H,2-6,9-19H2,1H3/b8-7+. The molecule has 1 heterocycles. The Kier molecular flexibility index (Phi) is 13.0. The molecule has 1 aliphatic rings. The number of hydrogen-bond acceptors (Lipinski definition) is 3. The maximum absolute atomic E-state index is 9.03. The first kappa shape index (κ1) is 20.2. The Balaban J connectivity index is 1.85. The van der Waals surface area contributed by atoms with Crippen molar-refractivity contribution < 1.29 is 5.11 Å². The predicted octanol–water partition coefficient (Wildman–Crippen LogP) is 4.95. The van der Waals surface area contributed by atoms with Gasteiger partial charge in [-0.25, -0.2) is 0 Å². The Morgan fingerprint density at radius 3 is 2.30 bits per heavy atom. The fourth-order valence-electron chi connectivity index (χ4n) is 3.13. The van der Waals surface area contributed by atoms with Crippen LogP contribution in [-0.2, 0) is 0 Å². The number of aliphatic hydroxyl groups excluding tert-OH is 1. The Morgan fingerprint density at radius 1 is 0.957 bits per heavy atom. The van der Waals surface area contributed by atoms with Crippen molar-refractivity contribution in [1.82, 2.24) is 4.90 Å². The Bertz CT molecular complexity index is 326. The van der Waals surface area contributed by atoms with E-state index in [1.54, 1.807) is 0 Å². The van der Waals surface area contributed by atoms with Gasteiger partial charge >= 0.3 is 0 Å². The Labute approximate surface area is 143 Å². The zero-order valence-electron chi connectivity index (χ0n) is 15.3. The van der Waals surface area contributed by atoms with Crippen LogP contribution >= 0.6 is 0 Å². The summed E-state index contributed by atoms with van der Waals surface area (Å²) in [5.74, 6) is 1.23. The second kappa shape index (κ2) is 14.7. The van der Waals surface area contributed by atoms with Gasteiger partial charge in [-0.3, -0.25) is 4.99 Å². The molecule has 0 atom stereocenters. The zero-order chi connectivity index (χ0) is 16.6. The van der Waals surface area contributed by atoms with Crippen molar-refractivity contribution in [2.45, 2.75) is 84.0 Å². The van der Waals surface area contributed by atoms with Crippen LogP contribution in [0.5, 0.6) is 0 Å². The highest BCUT2D eigenvalue weighted by atomic mass is 16.3. The smallest absolute Gasteiger partial charge is 0.0991 e. The molecule has 0 radical (unpaired) electrons. The van der Waals surface area contributed by atoms with Gasteiger partial charge in [0.25, 0.3) is 0 Å². The molecule has 1 rings (SSSR count). The van der Waals surface area contributed by atoms with Gasteiger partial charge in [-0.1, -0.05) is 57.6 Å². The Hall–Kier alpha value is -0.830. The molecule has 0 bridgehead atoms. The maximum Gasteiger partial charge on any atom is 0.0991 e. The van der Waals surface area contributed by atoms with Crippen molar-refractivity contribution >= 4 is 5.84 Å². The first-order chi connectivity index (χ1) is 11.4. The number of unbranched alkanes of at least 4 members (excludes halogenated alkanes) is 9. The van der Waals surface area contributed by atoms with Crippen LogP contribution in [0.15, 0.2) is 17.1 Å². The van der Waals surface area contributed by atoms with E-state index in [4.69, 9.17) is 5.11 Å². The molecule has 0 aromatic carbocycles. The normalized spacial score (nSPS) is 14.9. The first-order valence-electron chi connectivity index (χ1n) is 9.92. The highest BCUT2D eigenvalue weighted by Crippen LogP contribution is 2.12. The van der Waals surface area contributed by atoms with Crippen LogP contribution in [0.25, 0.3) is 0 Å². The van der Waals surface area contributed by atoms with Gasteiger partial charge < -0.3 is 10.0 Å². The summed E-state index contributed by atoms with van der Waals surface area (Å²) in [6, 6.07) is 0. The molecule has 0 saturated carbocycles. The lowest BCUT2D eigenvalue weighted by atomic mass is 10.1. The molecule has 0 aromatic rings. The van der Waals surface area contributed by atoms with Crippen LogP contribution in [-0.4, -0.2) is 42.1 Å². The molecule has 0 fully saturated rings. The fraction of sp³-hybridized carbons (Fsp3) is 0.850. The van der Waals surface area contributed by atoms with Crippen LogP contribution < -0.4 is 0 Å². The molecule has 1 N–H and O–H groups in total. The molecule has 0 aromatic heterocycles. The van der Waals surface area contributed by atoms with Gasteiger partial charge in [0.15, 0.2) is 0 Å². The van der Waals surface area contributed by atoms with E-state index in [-0.39, 0.29) is 6.61 Å². The molecular weight excluding hydrogens is 284 g/mol. The van der Waals surface area contributed by atoms with Gasteiger partial charge in [0.2, 0.25) is 0 Å². The molecular formula is C20H38N2O. The number of aliphatic imine (C=N–C) groups is 1. The second-order valence-corrected chi connectivity index (χ2v) is 6.64. The fourth-order valence-corrected chi connectivity index (χ4v) is 3.13. The molecule has 23 heavy (non-hydrogen) atoms. The maximum atomic E-state index is 9.03. The minimum Gasteiger partial charge on any atom is -0.395 e. The number of aliphatic hydroxyl groups is 1. The van der Waals surface area contributed by atoms with Gasteiger partial charge in [0.05, 0.1) is 19.0 Å². The largest absolute Gasteiger partial charge is 0.395 e. The van der Waals surface area contributed by atoms with Crippen LogP contribution in [0.1, 0.15) is 84.0 Å². The molecule has 0 aliphatic carbocycles. The molecule has 3 nitrogen and oxygen atoms in total. The van der Waals surface area contributed by atoms with Gasteiger partial charge in [-0.05, 0) is 32.1 Å². The SMILES string of the molecule is CCCCCC/C=C/CCCCCCCC1=NCCN1CCO. The van der Waals surface area contributed by atoms with E-state index >= 15 is 0 Å². The number of hydrogen-bond donors (Lipinski definition) is 1. The average molecular weight is 323 g/mol. The van der Waals surface area contributed by atoms with Gasteiger partial charge in [-0.15, -0.1) is 0 Å². The summed E-state index contributed by atoms with van der Waals surface area (Å²) in [6.07, 6.45) is 20.4. The van der Waals surface area contributed by atoms with Crippen LogP contribution in [0.3, 0.4) is 0 Å². The van der Waals surface area contributed by atoms with E-state index in [9.17, 15) is 0 Å². The summed E-state index contributed by atoms with van der Waals surface area (Å²) in [5, 5.41) is 9.03. The summed E-state index contributed by atoms with van der Waals surface area (Å²) < 4.78 is 0.